The molecule has 0 aliphatic carbocycles. The van der Waals surface area contributed by atoms with Crippen LogP contribution in [-0.4, -0.2) is 20.4 Å². The number of alkyl halides is 6. The van der Waals surface area contributed by atoms with Crippen LogP contribution in [0.3, 0.4) is 0 Å². The Kier molecular flexibility index (Phi) is 5.49. The van der Waals surface area contributed by atoms with Gasteiger partial charge in [0.15, 0.2) is 0 Å². The molecule has 168 valence electrons. The van der Waals surface area contributed by atoms with Crippen molar-refractivity contribution in [3.8, 4) is 5.75 Å². The molecule has 1 heterocycles. The third-order valence-corrected chi connectivity index (χ3v) is 5.90. The summed E-state index contributed by atoms with van der Waals surface area (Å²) in [5.41, 5.74) is -2.45. The first kappa shape index (κ1) is 22.9. The molecule has 0 spiro atoms. The molecule has 0 aromatic heterocycles. The number of carbonyl (C=O) groups excluding carboxylic acids is 1. The van der Waals surface area contributed by atoms with Crippen molar-refractivity contribution in [2.75, 3.05) is 4.90 Å². The summed E-state index contributed by atoms with van der Waals surface area (Å²) in [5.74, 6) is -1.39. The predicted molar refractivity (Wildman–Crippen MR) is 97.0 cm³/mol. The number of hydrogen-bond acceptors (Lipinski definition) is 4. The van der Waals surface area contributed by atoms with Gasteiger partial charge in [0.1, 0.15) is 10.6 Å². The highest BCUT2D eigenvalue weighted by Crippen LogP contribution is 2.39. The van der Waals surface area contributed by atoms with Crippen LogP contribution in [0.5, 0.6) is 5.75 Å². The highest BCUT2D eigenvalue weighted by atomic mass is 32.2. The van der Waals surface area contributed by atoms with E-state index in [0.717, 1.165) is 6.07 Å². The van der Waals surface area contributed by atoms with Crippen molar-refractivity contribution in [3.63, 3.8) is 0 Å². The lowest BCUT2D eigenvalue weighted by Gasteiger charge is -2.20. The van der Waals surface area contributed by atoms with Crippen LogP contribution in [0.4, 0.5) is 32.0 Å². The summed E-state index contributed by atoms with van der Waals surface area (Å²) in [6.45, 7) is 3.08. The lowest BCUT2D eigenvalue weighted by atomic mass is 10.1. The van der Waals surface area contributed by atoms with Crippen LogP contribution >= 0.6 is 0 Å². The fourth-order valence-corrected chi connectivity index (χ4v) is 4.36. The second-order valence-electron chi connectivity index (χ2n) is 7.01. The Morgan fingerprint density at radius 2 is 1.55 bits per heavy atom. The van der Waals surface area contributed by atoms with Crippen molar-refractivity contribution in [3.05, 3.63) is 53.1 Å². The number of fused-ring (bicyclic) bond motifs is 1. The quantitative estimate of drug-likeness (QED) is 0.481. The SMILES string of the molecule is CC(=O)N1c2ccc(S(=O)(=O)Oc3cc(C(F)(F)F)cc(C(F)(F)F)c3)cc2CC1C. The van der Waals surface area contributed by atoms with E-state index >= 15 is 0 Å². The van der Waals surface area contributed by atoms with Crippen molar-refractivity contribution in [1.29, 1.82) is 0 Å². The molecule has 2 aromatic carbocycles. The Hall–Kier alpha value is -2.76. The summed E-state index contributed by atoms with van der Waals surface area (Å²) in [6.07, 6.45) is -9.98. The molecular formula is C19H15F6NO4S. The molecule has 1 atom stereocenters. The first-order valence-corrected chi connectivity index (χ1v) is 10.2. The minimum atomic E-state index is -5.15. The number of carbonyl (C=O) groups is 1. The van der Waals surface area contributed by atoms with Crippen molar-refractivity contribution in [2.24, 2.45) is 0 Å². The van der Waals surface area contributed by atoms with Crippen LogP contribution < -0.4 is 9.08 Å². The largest absolute Gasteiger partial charge is 0.416 e. The number of amides is 1. The standard InChI is InChI=1S/C19H15F6NO4S/c1-10-5-12-6-16(3-4-17(12)26(10)11(2)27)31(28,29)30-15-8-13(18(20,21)22)7-14(9-15)19(23,24)25/h3-4,6-10H,5H2,1-2H3. The van der Waals surface area contributed by atoms with Gasteiger partial charge >= 0.3 is 22.5 Å². The molecule has 0 fully saturated rings. The van der Waals surface area contributed by atoms with Gasteiger partial charge in [-0.3, -0.25) is 4.79 Å². The Balaban J connectivity index is 2.00. The van der Waals surface area contributed by atoms with E-state index in [9.17, 15) is 39.6 Å². The van der Waals surface area contributed by atoms with Crippen LogP contribution in [0.1, 0.15) is 30.5 Å². The zero-order valence-electron chi connectivity index (χ0n) is 16.0. The Morgan fingerprint density at radius 3 is 2.03 bits per heavy atom. The molecule has 1 unspecified atom stereocenters. The molecule has 1 aliphatic rings. The van der Waals surface area contributed by atoms with Crippen LogP contribution in [0, 0.1) is 0 Å². The van der Waals surface area contributed by atoms with Gasteiger partial charge in [0.25, 0.3) is 0 Å². The van der Waals surface area contributed by atoms with E-state index in [2.05, 4.69) is 4.18 Å². The van der Waals surface area contributed by atoms with Gasteiger partial charge in [0.05, 0.1) is 11.1 Å². The van der Waals surface area contributed by atoms with Gasteiger partial charge in [-0.05, 0) is 55.3 Å². The summed E-state index contributed by atoms with van der Waals surface area (Å²) in [5, 5.41) is 0. The maximum Gasteiger partial charge on any atom is 0.416 e. The highest BCUT2D eigenvalue weighted by molar-refractivity contribution is 7.87. The highest BCUT2D eigenvalue weighted by Gasteiger charge is 2.38. The smallest absolute Gasteiger partial charge is 0.379 e. The number of rotatable bonds is 3. The molecule has 2 aromatic rings. The maximum absolute atomic E-state index is 13.0. The van der Waals surface area contributed by atoms with Gasteiger partial charge in [-0.15, -0.1) is 0 Å². The fraction of sp³-hybridized carbons (Fsp3) is 0.316. The molecular weight excluding hydrogens is 452 g/mol. The van der Waals surface area contributed by atoms with E-state index in [4.69, 9.17) is 0 Å². The normalized spacial score (nSPS) is 16.9. The summed E-state index contributed by atoms with van der Waals surface area (Å²) in [7, 11) is -4.75. The zero-order valence-corrected chi connectivity index (χ0v) is 16.8. The number of anilines is 1. The van der Waals surface area contributed by atoms with Crippen molar-refractivity contribution in [1.82, 2.24) is 0 Å². The molecule has 0 N–H and O–H groups in total. The lowest BCUT2D eigenvalue weighted by Crippen LogP contribution is -2.33. The topological polar surface area (TPSA) is 63.7 Å². The molecule has 0 radical (unpaired) electrons. The molecule has 1 aliphatic heterocycles. The number of nitrogens with zero attached hydrogens (tertiary/aromatic N) is 1. The molecule has 0 saturated carbocycles. The fourth-order valence-electron chi connectivity index (χ4n) is 3.39. The minimum absolute atomic E-state index is 0.132. The van der Waals surface area contributed by atoms with Crippen LogP contribution in [0.25, 0.3) is 0 Å². The molecule has 0 saturated heterocycles. The van der Waals surface area contributed by atoms with Crippen LogP contribution in [0.2, 0.25) is 0 Å². The monoisotopic (exact) mass is 467 g/mol. The average molecular weight is 467 g/mol. The summed E-state index contributed by atoms with van der Waals surface area (Å²) < 4.78 is 108. The molecule has 31 heavy (non-hydrogen) atoms. The van der Waals surface area contributed by atoms with E-state index in [1.165, 1.54) is 24.0 Å². The van der Waals surface area contributed by atoms with E-state index < -0.39 is 44.2 Å². The second kappa shape index (κ2) is 7.43. The van der Waals surface area contributed by atoms with Crippen LogP contribution in [0.15, 0.2) is 41.3 Å². The Bertz CT molecular complexity index is 1110. The lowest BCUT2D eigenvalue weighted by molar-refractivity contribution is -0.143. The van der Waals surface area contributed by atoms with Gasteiger partial charge in [-0.2, -0.15) is 34.8 Å². The number of benzene rings is 2. The first-order chi connectivity index (χ1) is 14.1. The predicted octanol–water partition coefficient (Wildman–Crippen LogP) is 4.79. The van der Waals surface area contributed by atoms with Gasteiger partial charge in [0.2, 0.25) is 5.91 Å². The van der Waals surface area contributed by atoms with E-state index in [1.807, 2.05) is 0 Å². The number of halogens is 6. The van der Waals surface area contributed by atoms with E-state index in [0.29, 0.717) is 17.7 Å². The molecule has 0 bridgehead atoms. The summed E-state index contributed by atoms with van der Waals surface area (Å²) in [4.78, 5) is 12.8. The number of hydrogen-bond donors (Lipinski definition) is 0. The molecule has 5 nitrogen and oxygen atoms in total. The van der Waals surface area contributed by atoms with Gasteiger partial charge < -0.3 is 9.08 Å². The third-order valence-electron chi connectivity index (χ3n) is 4.66. The van der Waals surface area contributed by atoms with E-state index in [-0.39, 0.29) is 30.1 Å². The molecule has 3 rings (SSSR count). The first-order valence-electron chi connectivity index (χ1n) is 8.76. The maximum atomic E-state index is 13.0. The third kappa shape index (κ3) is 4.63. The van der Waals surface area contributed by atoms with Crippen LogP contribution in [-0.2, 0) is 33.7 Å². The summed E-state index contributed by atoms with van der Waals surface area (Å²) >= 11 is 0. The Morgan fingerprint density at radius 1 is 1.00 bits per heavy atom. The molecule has 12 heteroatoms. The summed E-state index contributed by atoms with van der Waals surface area (Å²) in [6, 6.07) is 3.57. The minimum Gasteiger partial charge on any atom is -0.379 e. The van der Waals surface area contributed by atoms with E-state index in [1.54, 1.807) is 6.92 Å². The molecule has 1 amide bonds. The van der Waals surface area contributed by atoms with Gasteiger partial charge in [-0.1, -0.05) is 0 Å². The van der Waals surface area contributed by atoms with Crippen molar-refractivity contribution in [2.45, 2.75) is 43.6 Å². The van der Waals surface area contributed by atoms with Crippen molar-refractivity contribution >= 4 is 21.7 Å². The average Bonchev–Trinajstić information content (AvgIpc) is 2.94. The van der Waals surface area contributed by atoms with Crippen molar-refractivity contribution < 1.29 is 43.7 Å². The van der Waals surface area contributed by atoms with Gasteiger partial charge in [0, 0.05) is 18.7 Å². The Labute approximate surface area is 173 Å². The van der Waals surface area contributed by atoms with Gasteiger partial charge in [-0.25, -0.2) is 0 Å². The second-order valence-corrected chi connectivity index (χ2v) is 8.56. The zero-order chi connectivity index (χ0) is 23.4.